The highest BCUT2D eigenvalue weighted by molar-refractivity contribution is 7.98. The van der Waals surface area contributed by atoms with Crippen LogP contribution in [0.25, 0.3) is 0 Å². The summed E-state index contributed by atoms with van der Waals surface area (Å²) in [6.45, 7) is 7.19. The monoisotopic (exact) mass is 464 g/mol. The number of carboxylic acid groups (broad SMARTS) is 1. The number of rotatable bonds is 14. The number of nitrogens with one attached hydrogen (secondary N) is 3. The first-order valence-corrected chi connectivity index (χ1v) is 12.0. The van der Waals surface area contributed by atoms with Crippen LogP contribution in [-0.2, 0) is 19.2 Å². The SMILES string of the molecule is CSCCC(NC(=O)C(CC(C)C)NC(=O)C(N)CS)C(=O)NC(C(=O)O)C(C)C. The molecule has 11 heteroatoms. The van der Waals surface area contributed by atoms with Gasteiger partial charge in [0.1, 0.15) is 18.1 Å². The summed E-state index contributed by atoms with van der Waals surface area (Å²) < 4.78 is 0. The lowest BCUT2D eigenvalue weighted by atomic mass is 10.0. The molecule has 4 atom stereocenters. The Kier molecular flexibility index (Phi) is 13.8. The minimum absolute atomic E-state index is 0.101. The maximum Gasteiger partial charge on any atom is 0.326 e. The fourth-order valence-corrected chi connectivity index (χ4v) is 3.25. The summed E-state index contributed by atoms with van der Waals surface area (Å²) in [5.41, 5.74) is 5.68. The second kappa shape index (κ2) is 14.5. The van der Waals surface area contributed by atoms with E-state index in [1.807, 2.05) is 20.1 Å². The van der Waals surface area contributed by atoms with Crippen molar-refractivity contribution in [1.82, 2.24) is 16.0 Å². The van der Waals surface area contributed by atoms with Gasteiger partial charge in [0.15, 0.2) is 0 Å². The van der Waals surface area contributed by atoms with Crippen LogP contribution in [0.3, 0.4) is 0 Å². The van der Waals surface area contributed by atoms with Crippen molar-refractivity contribution in [3.05, 3.63) is 0 Å². The van der Waals surface area contributed by atoms with Crippen molar-refractivity contribution in [2.75, 3.05) is 17.8 Å². The molecule has 0 aliphatic rings. The number of thiol groups is 1. The molecule has 0 heterocycles. The number of amides is 3. The van der Waals surface area contributed by atoms with Crippen LogP contribution in [0.15, 0.2) is 0 Å². The second-order valence-corrected chi connectivity index (χ2v) is 9.24. The molecule has 9 nitrogen and oxygen atoms in total. The third-order valence-electron chi connectivity index (χ3n) is 4.35. The maximum absolute atomic E-state index is 12.9. The highest BCUT2D eigenvalue weighted by Crippen LogP contribution is 2.09. The van der Waals surface area contributed by atoms with Crippen LogP contribution >= 0.6 is 24.4 Å². The number of aliphatic carboxylic acids is 1. The molecule has 3 amide bonds. The number of hydrogen-bond acceptors (Lipinski definition) is 7. The largest absolute Gasteiger partial charge is 0.480 e. The lowest BCUT2D eigenvalue weighted by Gasteiger charge is -2.26. The Bertz CT molecular complexity index is 589. The molecule has 0 spiro atoms. The summed E-state index contributed by atoms with van der Waals surface area (Å²) in [5.74, 6) is -2.22. The van der Waals surface area contributed by atoms with Gasteiger partial charge in [-0.3, -0.25) is 14.4 Å². The van der Waals surface area contributed by atoms with Gasteiger partial charge in [-0.1, -0.05) is 27.7 Å². The third-order valence-corrected chi connectivity index (χ3v) is 5.39. The van der Waals surface area contributed by atoms with E-state index in [0.29, 0.717) is 18.6 Å². The van der Waals surface area contributed by atoms with E-state index in [4.69, 9.17) is 5.73 Å². The highest BCUT2D eigenvalue weighted by Gasteiger charge is 2.31. The first kappa shape index (κ1) is 28.5. The quantitative estimate of drug-likeness (QED) is 0.202. The van der Waals surface area contributed by atoms with E-state index in [1.165, 1.54) is 11.8 Å². The lowest BCUT2D eigenvalue weighted by molar-refractivity contribution is -0.143. The molecule has 0 aliphatic heterocycles. The number of carboxylic acids is 1. The Labute approximate surface area is 188 Å². The van der Waals surface area contributed by atoms with Gasteiger partial charge in [-0.15, -0.1) is 0 Å². The molecule has 0 aromatic carbocycles. The fourth-order valence-electron chi connectivity index (χ4n) is 2.61. The van der Waals surface area contributed by atoms with E-state index in [9.17, 15) is 24.3 Å². The molecule has 4 unspecified atom stereocenters. The van der Waals surface area contributed by atoms with Crippen LogP contribution in [0.5, 0.6) is 0 Å². The Morgan fingerprint density at radius 3 is 1.93 bits per heavy atom. The van der Waals surface area contributed by atoms with E-state index in [0.717, 1.165) is 0 Å². The molecule has 30 heavy (non-hydrogen) atoms. The molecule has 0 fully saturated rings. The molecule has 0 saturated carbocycles. The molecule has 0 saturated heterocycles. The Morgan fingerprint density at radius 1 is 0.967 bits per heavy atom. The van der Waals surface area contributed by atoms with Gasteiger partial charge in [-0.25, -0.2) is 4.79 Å². The summed E-state index contributed by atoms with van der Waals surface area (Å²) in [7, 11) is 0. The van der Waals surface area contributed by atoms with Gasteiger partial charge in [0, 0.05) is 5.75 Å². The van der Waals surface area contributed by atoms with Crippen LogP contribution in [0.4, 0.5) is 0 Å². The average molecular weight is 465 g/mol. The predicted octanol–water partition coefficient (Wildman–Crippen LogP) is 0.238. The molecular formula is C19H36N4O5S2. The summed E-state index contributed by atoms with van der Waals surface area (Å²) in [6, 6.07) is -3.71. The van der Waals surface area contributed by atoms with Crippen LogP contribution in [0.1, 0.15) is 40.5 Å². The van der Waals surface area contributed by atoms with Gasteiger partial charge in [0.2, 0.25) is 17.7 Å². The normalized spacial score (nSPS) is 15.2. The molecule has 0 aliphatic carbocycles. The van der Waals surface area contributed by atoms with E-state index >= 15 is 0 Å². The summed E-state index contributed by atoms with van der Waals surface area (Å²) >= 11 is 5.49. The van der Waals surface area contributed by atoms with E-state index in [-0.39, 0.29) is 17.6 Å². The van der Waals surface area contributed by atoms with Crippen molar-refractivity contribution in [2.24, 2.45) is 17.6 Å². The van der Waals surface area contributed by atoms with Crippen LogP contribution in [0, 0.1) is 11.8 Å². The first-order valence-electron chi connectivity index (χ1n) is 9.93. The van der Waals surface area contributed by atoms with Crippen LogP contribution in [0.2, 0.25) is 0 Å². The zero-order chi connectivity index (χ0) is 23.4. The summed E-state index contributed by atoms with van der Waals surface area (Å²) in [6.07, 6.45) is 2.55. The Morgan fingerprint density at radius 2 is 1.50 bits per heavy atom. The number of hydrogen-bond donors (Lipinski definition) is 6. The smallest absolute Gasteiger partial charge is 0.326 e. The minimum atomic E-state index is -1.14. The van der Waals surface area contributed by atoms with E-state index < -0.39 is 47.9 Å². The van der Waals surface area contributed by atoms with Crippen molar-refractivity contribution in [3.63, 3.8) is 0 Å². The number of thioether (sulfide) groups is 1. The Hall–Kier alpha value is -1.46. The van der Waals surface area contributed by atoms with E-state index in [1.54, 1.807) is 13.8 Å². The second-order valence-electron chi connectivity index (χ2n) is 7.89. The molecule has 0 radical (unpaired) electrons. The van der Waals surface area contributed by atoms with Crippen molar-refractivity contribution < 1.29 is 24.3 Å². The molecule has 6 N–H and O–H groups in total. The van der Waals surface area contributed by atoms with Gasteiger partial charge in [0.25, 0.3) is 0 Å². The zero-order valence-corrected chi connectivity index (χ0v) is 20.0. The van der Waals surface area contributed by atoms with Crippen molar-refractivity contribution in [1.29, 1.82) is 0 Å². The van der Waals surface area contributed by atoms with Crippen molar-refractivity contribution in [3.8, 4) is 0 Å². The van der Waals surface area contributed by atoms with Gasteiger partial charge < -0.3 is 26.8 Å². The topological polar surface area (TPSA) is 151 Å². The van der Waals surface area contributed by atoms with Gasteiger partial charge in [-0.05, 0) is 36.7 Å². The molecule has 0 bridgehead atoms. The average Bonchev–Trinajstić information content (AvgIpc) is 2.66. The molecule has 174 valence electrons. The molecule has 0 aromatic rings. The molecule has 0 rings (SSSR count). The number of carbonyl (C=O) groups is 4. The molecule has 0 aromatic heterocycles. The highest BCUT2D eigenvalue weighted by atomic mass is 32.2. The third kappa shape index (κ3) is 10.5. The lowest BCUT2D eigenvalue weighted by Crippen LogP contribution is -2.58. The first-order chi connectivity index (χ1) is 13.9. The summed E-state index contributed by atoms with van der Waals surface area (Å²) in [4.78, 5) is 49.1. The summed E-state index contributed by atoms with van der Waals surface area (Å²) in [5, 5.41) is 17.1. The van der Waals surface area contributed by atoms with Crippen LogP contribution < -0.4 is 21.7 Å². The van der Waals surface area contributed by atoms with E-state index in [2.05, 4.69) is 28.6 Å². The molecular weight excluding hydrogens is 428 g/mol. The fraction of sp³-hybridized carbons (Fsp3) is 0.789. The van der Waals surface area contributed by atoms with Crippen LogP contribution in [-0.4, -0.2) is 70.7 Å². The predicted molar refractivity (Wildman–Crippen MR) is 123 cm³/mol. The number of nitrogens with two attached hydrogens (primary N) is 1. The Balaban J connectivity index is 5.40. The maximum atomic E-state index is 12.9. The standard InChI is InChI=1S/C19H36N4O5S2/c1-10(2)8-14(22-16(24)12(20)9-29)18(26)21-13(6-7-30-5)17(25)23-15(11(3)4)19(27)28/h10-15,29H,6-9,20H2,1-5H3,(H,21,26)(H,22,24)(H,23,25)(H,27,28). The van der Waals surface area contributed by atoms with Gasteiger partial charge >= 0.3 is 5.97 Å². The van der Waals surface area contributed by atoms with Gasteiger partial charge in [-0.2, -0.15) is 24.4 Å². The van der Waals surface area contributed by atoms with Gasteiger partial charge in [0.05, 0.1) is 6.04 Å². The number of carbonyl (C=O) groups excluding carboxylic acids is 3. The zero-order valence-electron chi connectivity index (χ0n) is 18.3. The van der Waals surface area contributed by atoms with Crippen molar-refractivity contribution >= 4 is 48.1 Å². The van der Waals surface area contributed by atoms with Crippen molar-refractivity contribution in [2.45, 2.75) is 64.7 Å². The minimum Gasteiger partial charge on any atom is -0.480 e.